The third kappa shape index (κ3) is 4.34. The first-order valence-corrected chi connectivity index (χ1v) is 8.91. The molecule has 0 spiro atoms. The highest BCUT2D eigenvalue weighted by molar-refractivity contribution is 9.10. The second-order valence-corrected chi connectivity index (χ2v) is 6.60. The summed E-state index contributed by atoms with van der Waals surface area (Å²) in [5, 5.41) is 14.8. The van der Waals surface area contributed by atoms with Gasteiger partial charge in [-0.2, -0.15) is 4.68 Å². The molecule has 3 rings (SSSR count). The third-order valence-corrected chi connectivity index (χ3v) is 4.47. The Morgan fingerprint density at radius 3 is 2.92 bits per heavy atom. The summed E-state index contributed by atoms with van der Waals surface area (Å²) >= 11 is 4.52. The lowest BCUT2D eigenvalue weighted by molar-refractivity contribution is -0.113. The van der Waals surface area contributed by atoms with Crippen LogP contribution in [-0.4, -0.2) is 44.0 Å². The minimum atomic E-state index is -0.200. The number of para-hydroxylation sites is 2. The first-order valence-electron chi connectivity index (χ1n) is 7.13. The number of ether oxygens (including phenoxy) is 1. The number of nitrogens with zero attached hydrogens (tertiary/aromatic N) is 5. The first kappa shape index (κ1) is 17.4. The zero-order valence-electron chi connectivity index (χ0n) is 13.1. The fourth-order valence-corrected chi connectivity index (χ4v) is 2.90. The Balaban J connectivity index is 1.67. The Morgan fingerprint density at radius 2 is 2.16 bits per heavy atom. The largest absolute Gasteiger partial charge is 0.494 e. The molecule has 0 unspecified atom stereocenters. The number of aromatic nitrogens is 5. The van der Waals surface area contributed by atoms with Gasteiger partial charge in [-0.15, -0.1) is 5.10 Å². The van der Waals surface area contributed by atoms with Gasteiger partial charge in [0.1, 0.15) is 17.3 Å². The molecule has 0 aliphatic rings. The summed E-state index contributed by atoms with van der Waals surface area (Å²) in [5.41, 5.74) is 0.701. The molecule has 3 aromatic rings. The van der Waals surface area contributed by atoms with Gasteiger partial charge in [0.25, 0.3) is 0 Å². The fraction of sp³-hybridized carbons (Fsp3) is 0.133. The average molecular weight is 421 g/mol. The van der Waals surface area contributed by atoms with E-state index in [0.717, 1.165) is 4.47 Å². The number of hydrogen-bond donors (Lipinski definition) is 1. The summed E-state index contributed by atoms with van der Waals surface area (Å²) in [6.07, 6.45) is 1.62. The van der Waals surface area contributed by atoms with E-state index in [0.29, 0.717) is 22.4 Å². The summed E-state index contributed by atoms with van der Waals surface area (Å²) in [7, 11) is 1.58. The van der Waals surface area contributed by atoms with E-state index in [1.807, 2.05) is 24.3 Å². The van der Waals surface area contributed by atoms with Crippen LogP contribution in [0.3, 0.4) is 0 Å². The number of benzene rings is 1. The van der Waals surface area contributed by atoms with Gasteiger partial charge in [0.2, 0.25) is 11.1 Å². The van der Waals surface area contributed by atoms with E-state index < -0.39 is 0 Å². The molecule has 1 N–H and O–H groups in total. The van der Waals surface area contributed by atoms with Crippen LogP contribution in [0.1, 0.15) is 0 Å². The molecule has 2 heterocycles. The van der Waals surface area contributed by atoms with E-state index in [-0.39, 0.29) is 11.7 Å². The number of methoxy groups -OCH3 is 1. The minimum absolute atomic E-state index is 0.146. The smallest absolute Gasteiger partial charge is 0.236 e. The van der Waals surface area contributed by atoms with Crippen molar-refractivity contribution in [3.63, 3.8) is 0 Å². The molecule has 0 saturated carbocycles. The van der Waals surface area contributed by atoms with Crippen LogP contribution in [-0.2, 0) is 4.79 Å². The highest BCUT2D eigenvalue weighted by Crippen LogP contribution is 2.25. The molecule has 0 radical (unpaired) electrons. The SMILES string of the molecule is COc1ccccc1-n1nnnc1SCC(=O)Nc1ccc(Br)cn1. The van der Waals surface area contributed by atoms with Crippen molar-refractivity contribution < 1.29 is 9.53 Å². The number of halogens is 1. The lowest BCUT2D eigenvalue weighted by Crippen LogP contribution is -2.15. The number of hydrogen-bond acceptors (Lipinski definition) is 7. The maximum Gasteiger partial charge on any atom is 0.236 e. The molecule has 25 heavy (non-hydrogen) atoms. The molecule has 0 aliphatic carbocycles. The zero-order valence-corrected chi connectivity index (χ0v) is 15.5. The maximum absolute atomic E-state index is 12.1. The van der Waals surface area contributed by atoms with Crippen molar-refractivity contribution in [2.24, 2.45) is 0 Å². The molecular weight excluding hydrogens is 408 g/mol. The average Bonchev–Trinajstić information content (AvgIpc) is 3.10. The number of pyridine rings is 1. The van der Waals surface area contributed by atoms with Gasteiger partial charge >= 0.3 is 0 Å². The number of thioether (sulfide) groups is 1. The first-order chi connectivity index (χ1) is 12.2. The van der Waals surface area contributed by atoms with Crippen LogP contribution in [0.5, 0.6) is 5.75 Å². The number of anilines is 1. The Hall–Kier alpha value is -2.46. The normalized spacial score (nSPS) is 10.5. The van der Waals surface area contributed by atoms with Gasteiger partial charge in [-0.3, -0.25) is 4.79 Å². The number of nitrogens with one attached hydrogen (secondary N) is 1. The Bertz CT molecular complexity index is 870. The van der Waals surface area contributed by atoms with Gasteiger partial charge in [-0.1, -0.05) is 23.9 Å². The highest BCUT2D eigenvalue weighted by Gasteiger charge is 2.14. The maximum atomic E-state index is 12.1. The topological polar surface area (TPSA) is 94.8 Å². The van der Waals surface area contributed by atoms with Gasteiger partial charge in [-0.05, 0) is 50.6 Å². The predicted octanol–water partition coefficient (Wildman–Crippen LogP) is 2.56. The van der Waals surface area contributed by atoms with Crippen molar-refractivity contribution in [3.05, 3.63) is 47.1 Å². The van der Waals surface area contributed by atoms with E-state index in [9.17, 15) is 4.79 Å². The standard InChI is InChI=1S/C15H13BrN6O2S/c1-24-12-5-3-2-4-11(12)22-15(19-20-21-22)25-9-14(23)18-13-7-6-10(16)8-17-13/h2-8H,9H2,1H3,(H,17,18,23). The van der Waals surface area contributed by atoms with E-state index in [1.165, 1.54) is 16.4 Å². The Labute approximate surface area is 156 Å². The quantitative estimate of drug-likeness (QED) is 0.612. The van der Waals surface area contributed by atoms with E-state index in [4.69, 9.17) is 4.74 Å². The number of amides is 1. The second-order valence-electron chi connectivity index (χ2n) is 4.74. The molecule has 2 aromatic heterocycles. The number of carbonyl (C=O) groups excluding carboxylic acids is 1. The summed E-state index contributed by atoms with van der Waals surface area (Å²) in [6, 6.07) is 10.9. The molecule has 8 nitrogen and oxygen atoms in total. The van der Waals surface area contributed by atoms with Crippen molar-refractivity contribution in [2.75, 3.05) is 18.2 Å². The number of carbonyl (C=O) groups is 1. The minimum Gasteiger partial charge on any atom is -0.494 e. The molecule has 1 aromatic carbocycles. The predicted molar refractivity (Wildman–Crippen MR) is 97.0 cm³/mol. The molecule has 0 bridgehead atoms. The van der Waals surface area contributed by atoms with Gasteiger partial charge in [0, 0.05) is 10.7 Å². The molecule has 1 amide bonds. The fourth-order valence-electron chi connectivity index (χ4n) is 1.98. The molecule has 0 saturated heterocycles. The van der Waals surface area contributed by atoms with Crippen molar-refractivity contribution in [1.82, 2.24) is 25.2 Å². The monoisotopic (exact) mass is 420 g/mol. The van der Waals surface area contributed by atoms with Gasteiger partial charge in [-0.25, -0.2) is 4.98 Å². The lowest BCUT2D eigenvalue weighted by atomic mass is 10.3. The van der Waals surface area contributed by atoms with E-state index >= 15 is 0 Å². The van der Waals surface area contributed by atoms with Crippen molar-refractivity contribution in [2.45, 2.75) is 5.16 Å². The molecule has 0 fully saturated rings. The van der Waals surface area contributed by atoms with Crippen LogP contribution < -0.4 is 10.1 Å². The zero-order chi connectivity index (χ0) is 17.6. The molecule has 0 aliphatic heterocycles. The summed E-state index contributed by atoms with van der Waals surface area (Å²) in [6.45, 7) is 0. The van der Waals surface area contributed by atoms with Crippen LogP contribution in [0, 0.1) is 0 Å². The van der Waals surface area contributed by atoms with Crippen LogP contribution >= 0.6 is 27.7 Å². The summed E-state index contributed by atoms with van der Waals surface area (Å²) in [4.78, 5) is 16.2. The van der Waals surface area contributed by atoms with Crippen molar-refractivity contribution in [3.8, 4) is 11.4 Å². The van der Waals surface area contributed by atoms with Crippen LogP contribution in [0.4, 0.5) is 5.82 Å². The van der Waals surface area contributed by atoms with Gasteiger partial charge in [0.15, 0.2) is 0 Å². The van der Waals surface area contributed by atoms with Crippen molar-refractivity contribution >= 4 is 39.4 Å². The van der Waals surface area contributed by atoms with Crippen LogP contribution in [0.25, 0.3) is 5.69 Å². The van der Waals surface area contributed by atoms with Crippen LogP contribution in [0.2, 0.25) is 0 Å². The molecule has 0 atom stereocenters. The molecule has 128 valence electrons. The van der Waals surface area contributed by atoms with E-state index in [2.05, 4.69) is 41.8 Å². The highest BCUT2D eigenvalue weighted by atomic mass is 79.9. The van der Waals surface area contributed by atoms with Crippen molar-refractivity contribution in [1.29, 1.82) is 0 Å². The second kappa shape index (κ2) is 8.08. The van der Waals surface area contributed by atoms with Gasteiger partial charge < -0.3 is 10.1 Å². The van der Waals surface area contributed by atoms with E-state index in [1.54, 1.807) is 25.4 Å². The number of rotatable bonds is 6. The molecular formula is C15H13BrN6O2S. The Morgan fingerprint density at radius 1 is 1.32 bits per heavy atom. The number of tetrazole rings is 1. The van der Waals surface area contributed by atoms with Crippen LogP contribution in [0.15, 0.2) is 52.2 Å². The molecule has 10 heteroatoms. The summed E-state index contributed by atoms with van der Waals surface area (Å²) < 4.78 is 7.70. The van der Waals surface area contributed by atoms with Gasteiger partial charge in [0.05, 0.1) is 12.9 Å². The lowest BCUT2D eigenvalue weighted by Gasteiger charge is -2.09. The summed E-state index contributed by atoms with van der Waals surface area (Å²) in [5.74, 6) is 1.07. The Kier molecular flexibility index (Phi) is 5.61. The third-order valence-electron chi connectivity index (χ3n) is 3.08.